The molecule has 3 aliphatic carbocycles. The summed E-state index contributed by atoms with van der Waals surface area (Å²) in [7, 11) is 5.27. The Labute approximate surface area is 437 Å². The summed E-state index contributed by atoms with van der Waals surface area (Å²) >= 11 is 0.250. The lowest BCUT2D eigenvalue weighted by molar-refractivity contribution is -0.136. The van der Waals surface area contributed by atoms with Gasteiger partial charge < -0.3 is 29.4 Å². The minimum absolute atomic E-state index is 0. The largest absolute Gasteiger partial charge is 0.523 e. The number of aliphatic hydroxyl groups is 1. The Morgan fingerprint density at radius 3 is 1.23 bits per heavy atom. The number of hydrogen-bond donors (Lipinski definition) is 1. The molecular formula is C59H65FN6O6S. The van der Waals surface area contributed by atoms with Gasteiger partial charge >= 0.3 is 0 Å². The van der Waals surface area contributed by atoms with Crippen LogP contribution < -0.4 is 0 Å². The lowest BCUT2D eigenvalue weighted by Gasteiger charge is -2.50. The third kappa shape index (κ3) is 9.06. The molecule has 3 aliphatic heterocycles. The van der Waals surface area contributed by atoms with Gasteiger partial charge in [-0.2, -0.15) is 3.89 Å². The average Bonchev–Trinajstić information content (AvgIpc) is 3.40. The highest BCUT2D eigenvalue weighted by Gasteiger charge is 2.59. The van der Waals surface area contributed by atoms with Crippen LogP contribution in [0.4, 0.5) is 3.89 Å². The Morgan fingerprint density at radius 2 is 0.890 bits per heavy atom. The number of rotatable bonds is 3. The van der Waals surface area contributed by atoms with Gasteiger partial charge in [-0.3, -0.25) is 14.4 Å². The van der Waals surface area contributed by atoms with Gasteiger partial charge in [0.05, 0.1) is 25.1 Å². The van der Waals surface area contributed by atoms with Gasteiger partial charge in [0.25, 0.3) is 0 Å². The molecule has 9 rings (SSSR count). The molecule has 3 aromatic rings. The zero-order chi connectivity index (χ0) is 55.2. The van der Waals surface area contributed by atoms with Gasteiger partial charge in [0.1, 0.15) is 16.6 Å². The number of Topliss-reactive ketones (excluding diaryl/α,β-unsaturated/α-hetero) is 2. The summed E-state index contributed by atoms with van der Waals surface area (Å²) in [5.74, 6) is -0.554. The van der Waals surface area contributed by atoms with Gasteiger partial charge in [-0.15, -0.1) is 0 Å². The molecule has 3 amide bonds. The van der Waals surface area contributed by atoms with Crippen molar-refractivity contribution in [3.8, 4) is 0 Å². The summed E-state index contributed by atoms with van der Waals surface area (Å²) in [6, 6.07) is 28.4. The van der Waals surface area contributed by atoms with E-state index < -0.39 is 32.5 Å². The first kappa shape index (κ1) is 54.7. The van der Waals surface area contributed by atoms with E-state index in [0.717, 1.165) is 33.4 Å². The Bertz CT molecular complexity index is 2920. The molecule has 12 nitrogen and oxygen atoms in total. The molecule has 6 aliphatic rings. The predicted octanol–water partition coefficient (Wildman–Crippen LogP) is 11.0. The number of allylic oxidation sites excluding steroid dienone is 4. The van der Waals surface area contributed by atoms with Crippen LogP contribution in [0.3, 0.4) is 0 Å². The number of ketones is 2. The van der Waals surface area contributed by atoms with Crippen LogP contribution in [-0.2, 0) is 40.2 Å². The number of likely N-dealkylation sites (N-methyl/N-ethyl adjacent to an activating group) is 3. The van der Waals surface area contributed by atoms with Gasteiger partial charge in [0.15, 0.2) is 11.6 Å². The van der Waals surface area contributed by atoms with Crippen LogP contribution in [-0.4, -0.2) is 96.1 Å². The Balaban J connectivity index is 0.000000231. The standard InChI is InChI=1S/C19H20N2O2.2C19H18N2O2.CH3FS.CH4.H2/c3*1-18(2)15-10-11-21(4)17(23)19(15,12-14(20-3)16(18)22)13-8-6-5-7-9-13;1-3-2;;/h5-10,22H,11-12H2,1-2,4H3;2*5-10,12H,11H2,1-2,4H3;1H3;1H4;1H/t;2*19-;;;/m.10.../s1/i;;;;;1+1D. The average molecular weight is 1010 g/mol. The molecule has 73 heavy (non-hydrogen) atoms. The molecule has 0 aromatic heterocycles. The molecule has 0 saturated heterocycles. The minimum atomic E-state index is -1.06. The van der Waals surface area contributed by atoms with E-state index in [0.29, 0.717) is 19.6 Å². The Kier molecular flexibility index (Phi) is 15.9. The molecule has 1 unspecified atom stereocenters. The molecule has 0 fully saturated rings. The molecule has 1 N–H and O–H groups in total. The molecule has 0 saturated carbocycles. The van der Waals surface area contributed by atoms with E-state index in [9.17, 15) is 33.0 Å². The molecule has 14 heteroatoms. The van der Waals surface area contributed by atoms with E-state index in [1.54, 1.807) is 75.7 Å². The van der Waals surface area contributed by atoms with E-state index in [4.69, 9.17) is 22.7 Å². The van der Waals surface area contributed by atoms with Crippen molar-refractivity contribution in [2.75, 3.05) is 47.0 Å². The van der Waals surface area contributed by atoms with Crippen LogP contribution in [0.5, 0.6) is 0 Å². The number of aliphatic hydroxyl groups excluding tert-OH is 1. The van der Waals surface area contributed by atoms with Gasteiger partial charge in [-0.1, -0.05) is 170 Å². The van der Waals surface area contributed by atoms with Gasteiger partial charge in [-0.05, 0) is 33.4 Å². The van der Waals surface area contributed by atoms with Crippen LogP contribution in [0.25, 0.3) is 14.5 Å². The first-order chi connectivity index (χ1) is 35.0. The molecule has 3 aromatic carbocycles. The monoisotopic (exact) mass is 1010 g/mol. The summed E-state index contributed by atoms with van der Waals surface area (Å²) in [5.41, 5.74) is -0.232. The summed E-state index contributed by atoms with van der Waals surface area (Å²) in [6.45, 7) is 34.6. The predicted molar refractivity (Wildman–Crippen MR) is 287 cm³/mol. The zero-order valence-corrected chi connectivity index (χ0v) is 43.1. The molecule has 0 spiro atoms. The van der Waals surface area contributed by atoms with Gasteiger partial charge in [0, 0.05) is 84.8 Å². The number of fused-ring (bicyclic) bond motifs is 3. The maximum atomic E-state index is 13.2. The number of amides is 3. The lowest BCUT2D eigenvalue weighted by atomic mass is 9.56. The summed E-state index contributed by atoms with van der Waals surface area (Å²) < 4.78 is 20.2. The third-order valence-electron chi connectivity index (χ3n) is 14.8. The highest BCUT2D eigenvalue weighted by molar-refractivity contribution is 7.93. The van der Waals surface area contributed by atoms with E-state index >= 15 is 0 Å². The number of carbonyl (C=O) groups is 5. The third-order valence-corrected chi connectivity index (χ3v) is 14.8. The van der Waals surface area contributed by atoms with E-state index in [2.05, 4.69) is 14.5 Å². The number of benzene rings is 3. The number of halogens is 1. The number of nitrogens with zero attached hydrogens (tertiary/aromatic N) is 6. The summed E-state index contributed by atoms with van der Waals surface area (Å²) in [6.07, 6.45) is 10.7. The van der Waals surface area contributed by atoms with E-state index in [1.165, 1.54) is 6.26 Å². The van der Waals surface area contributed by atoms with Crippen molar-refractivity contribution in [2.24, 2.45) is 16.2 Å². The number of carbonyl (C=O) groups excluding carboxylic acids is 5. The van der Waals surface area contributed by atoms with Crippen LogP contribution in [0.1, 0.15) is 75.0 Å². The van der Waals surface area contributed by atoms with Crippen molar-refractivity contribution >= 4 is 41.4 Å². The van der Waals surface area contributed by atoms with Crippen LogP contribution in [0.2, 0.25) is 0 Å². The van der Waals surface area contributed by atoms with Crippen molar-refractivity contribution in [2.45, 2.75) is 71.6 Å². The SMILES string of the molecule is C.CSF.[2H][2H].[C-]#[N+]C1=C(O)C(C)(C)C2=CCN(C)C(=O)C2(c2ccccc2)C1.[C-]#[N+]C1=C[C@@]2(c3ccccc3)C(=O)N(C)CC=C2C(C)(C)C1=O.[C-]#[N+]C1=C[C@]2(c3ccccc3)C(=O)N(C)CC=C2C(C)(C)C1=O. The topological polar surface area (TPSA) is 128 Å². The molecule has 3 atom stereocenters. The molecule has 3 heterocycles. The second-order valence-corrected chi connectivity index (χ2v) is 20.4. The van der Waals surface area contributed by atoms with Crippen molar-refractivity contribution in [1.29, 1.82) is 0 Å². The maximum absolute atomic E-state index is 13.2. The summed E-state index contributed by atoms with van der Waals surface area (Å²) in [5, 5.41) is 10.5. The molecule has 0 radical (unpaired) electrons. The Hall–Kier alpha value is -7.60. The minimum Gasteiger partial charge on any atom is -0.523 e. The zero-order valence-electron chi connectivity index (χ0n) is 44.3. The molecule has 0 bridgehead atoms. The van der Waals surface area contributed by atoms with Crippen molar-refractivity contribution < 1.29 is 35.9 Å². The second-order valence-electron chi connectivity index (χ2n) is 20.1. The smallest absolute Gasteiger partial charge is 0.240 e. The quantitative estimate of drug-likeness (QED) is 0.204. The van der Waals surface area contributed by atoms with Crippen LogP contribution >= 0.6 is 12.1 Å². The first-order valence-electron chi connectivity index (χ1n) is 24.3. The van der Waals surface area contributed by atoms with Gasteiger partial charge in [-0.25, -0.2) is 14.5 Å². The number of hydrogen-bond acceptors (Lipinski definition) is 7. The van der Waals surface area contributed by atoms with Crippen LogP contribution in [0.15, 0.2) is 161 Å². The van der Waals surface area contributed by atoms with Crippen molar-refractivity contribution in [3.63, 3.8) is 0 Å². The van der Waals surface area contributed by atoms with Crippen molar-refractivity contribution in [1.82, 2.24) is 14.7 Å². The van der Waals surface area contributed by atoms with E-state index in [1.807, 2.05) is 123 Å². The first-order valence-corrected chi connectivity index (χ1v) is 24.4. The summed E-state index contributed by atoms with van der Waals surface area (Å²) in [4.78, 5) is 80.2. The fourth-order valence-corrected chi connectivity index (χ4v) is 11.2. The normalized spacial score (nSPS) is 25.1. The van der Waals surface area contributed by atoms with Crippen molar-refractivity contribution in [3.05, 3.63) is 212 Å². The highest BCUT2D eigenvalue weighted by Crippen LogP contribution is 2.57. The highest BCUT2D eigenvalue weighted by atomic mass is 32.2. The van der Waals surface area contributed by atoms with Crippen LogP contribution in [0, 0.1) is 36.0 Å². The fourth-order valence-electron chi connectivity index (χ4n) is 11.2. The maximum Gasteiger partial charge on any atom is 0.240 e. The van der Waals surface area contributed by atoms with E-state index in [-0.39, 0.29) is 78.1 Å². The Morgan fingerprint density at radius 1 is 0.562 bits per heavy atom. The lowest BCUT2D eigenvalue weighted by Crippen LogP contribution is -2.55. The fraction of sp³-hybridized carbons (Fsp3) is 0.356. The van der Waals surface area contributed by atoms with Gasteiger partial charge in [0.2, 0.25) is 34.8 Å². The molecule has 380 valence electrons. The molecular weight excluding hydrogens is 940 g/mol. The second kappa shape index (κ2) is 21.2.